The number of amides is 2. The number of nitrogens with zero attached hydrogens (tertiary/aromatic N) is 3. The third-order valence-electron chi connectivity index (χ3n) is 4.65. The molecule has 0 N–H and O–H groups in total. The highest BCUT2D eigenvalue weighted by atomic mass is 32.2. The average molecular weight is 428 g/mol. The predicted molar refractivity (Wildman–Crippen MR) is 110 cm³/mol. The number of carbonyl (C=O) groups excluding carboxylic acids is 2. The Labute approximate surface area is 172 Å². The number of sulfonamides is 1. The number of anilines is 1. The Morgan fingerprint density at radius 2 is 1.79 bits per heavy atom. The number of carbonyl (C=O) groups is 2. The van der Waals surface area contributed by atoms with Gasteiger partial charge in [0.15, 0.2) is 0 Å². The van der Waals surface area contributed by atoms with Crippen LogP contribution in [0.1, 0.15) is 19.8 Å². The lowest BCUT2D eigenvalue weighted by Gasteiger charge is -2.34. The van der Waals surface area contributed by atoms with E-state index in [-0.39, 0.29) is 25.0 Å². The second-order valence-corrected chi connectivity index (χ2v) is 8.61. The van der Waals surface area contributed by atoms with Gasteiger partial charge in [0.1, 0.15) is 5.75 Å². The van der Waals surface area contributed by atoms with Crippen LogP contribution in [0.2, 0.25) is 0 Å². The first-order valence-electron chi connectivity index (χ1n) is 9.57. The Hall–Kier alpha value is -2.49. The minimum atomic E-state index is -3.49. The van der Waals surface area contributed by atoms with Crippen molar-refractivity contribution in [3.63, 3.8) is 0 Å². The molecule has 10 heteroatoms. The van der Waals surface area contributed by atoms with Gasteiger partial charge in [-0.05, 0) is 25.5 Å². The lowest BCUT2D eigenvalue weighted by atomic mass is 10.2. The molecule has 1 aliphatic rings. The van der Waals surface area contributed by atoms with Crippen LogP contribution in [0, 0.1) is 0 Å². The van der Waals surface area contributed by atoms with Gasteiger partial charge in [-0.2, -0.15) is 0 Å². The zero-order valence-corrected chi connectivity index (χ0v) is 18.0. The van der Waals surface area contributed by atoms with Crippen molar-refractivity contribution in [2.24, 2.45) is 0 Å². The Balaban J connectivity index is 1.88. The molecule has 0 saturated carbocycles. The maximum Gasteiger partial charge on any atom is 0.409 e. The number of rotatable bonds is 8. The largest absolute Gasteiger partial charge is 0.497 e. The van der Waals surface area contributed by atoms with Crippen LogP contribution in [-0.2, 0) is 19.6 Å². The topological polar surface area (TPSA) is 96.5 Å². The molecule has 0 aliphatic carbocycles. The lowest BCUT2D eigenvalue weighted by Crippen LogP contribution is -2.50. The van der Waals surface area contributed by atoms with Gasteiger partial charge in [-0.25, -0.2) is 13.2 Å². The van der Waals surface area contributed by atoms with Gasteiger partial charge in [0, 0.05) is 45.2 Å². The normalized spacial score (nSPS) is 14.4. The van der Waals surface area contributed by atoms with Crippen molar-refractivity contribution >= 4 is 27.7 Å². The van der Waals surface area contributed by atoms with E-state index in [1.807, 2.05) is 0 Å². The Kier molecular flexibility index (Phi) is 8.12. The molecule has 1 saturated heterocycles. The zero-order chi connectivity index (χ0) is 21.4. The standard InChI is InChI=1S/C19H29N3O6S/c1-4-28-19(24)21-13-11-20(12-14-21)18(23)9-6-10-22(29(3,25)26)16-7-5-8-17(15-16)27-2/h5,7-8,15H,4,6,9-14H2,1-3H3. The Morgan fingerprint density at radius 1 is 1.14 bits per heavy atom. The summed E-state index contributed by atoms with van der Waals surface area (Å²) in [5.74, 6) is 0.513. The molecule has 0 spiro atoms. The molecule has 0 unspecified atom stereocenters. The second kappa shape index (κ2) is 10.3. The minimum absolute atomic E-state index is 0.0485. The summed E-state index contributed by atoms with van der Waals surface area (Å²) in [5, 5.41) is 0. The first-order valence-corrected chi connectivity index (χ1v) is 11.4. The predicted octanol–water partition coefficient (Wildman–Crippen LogP) is 1.54. The van der Waals surface area contributed by atoms with Crippen LogP contribution in [0.15, 0.2) is 24.3 Å². The summed E-state index contributed by atoms with van der Waals surface area (Å²) in [4.78, 5) is 27.5. The fourth-order valence-corrected chi connectivity index (χ4v) is 4.09. The van der Waals surface area contributed by atoms with Gasteiger partial charge in [0.25, 0.3) is 0 Å². The molecule has 1 aromatic rings. The summed E-state index contributed by atoms with van der Waals surface area (Å²) >= 11 is 0. The number of hydrogen-bond donors (Lipinski definition) is 0. The number of methoxy groups -OCH3 is 1. The van der Waals surface area contributed by atoms with E-state index in [9.17, 15) is 18.0 Å². The monoisotopic (exact) mass is 427 g/mol. The SMILES string of the molecule is CCOC(=O)N1CCN(C(=O)CCCN(c2cccc(OC)c2)S(C)(=O)=O)CC1. The van der Waals surface area contributed by atoms with E-state index in [1.165, 1.54) is 11.4 Å². The van der Waals surface area contributed by atoms with E-state index >= 15 is 0 Å². The lowest BCUT2D eigenvalue weighted by molar-refractivity contribution is -0.132. The maximum atomic E-state index is 12.5. The molecule has 0 aromatic heterocycles. The Bertz CT molecular complexity index is 806. The van der Waals surface area contributed by atoms with Crippen LogP contribution in [0.5, 0.6) is 5.75 Å². The van der Waals surface area contributed by atoms with Crippen LogP contribution >= 0.6 is 0 Å². The van der Waals surface area contributed by atoms with Crippen molar-refractivity contribution < 1.29 is 27.5 Å². The van der Waals surface area contributed by atoms with Crippen LogP contribution in [-0.4, -0.2) is 82.9 Å². The number of piperazine rings is 1. The Morgan fingerprint density at radius 3 is 2.38 bits per heavy atom. The summed E-state index contributed by atoms with van der Waals surface area (Å²) in [6, 6.07) is 6.81. The third-order valence-corrected chi connectivity index (χ3v) is 5.85. The van der Waals surface area contributed by atoms with Gasteiger partial charge in [0.05, 0.1) is 25.7 Å². The molecule has 29 heavy (non-hydrogen) atoms. The van der Waals surface area contributed by atoms with E-state index in [0.29, 0.717) is 50.6 Å². The summed E-state index contributed by atoms with van der Waals surface area (Å²) in [5.41, 5.74) is 0.502. The van der Waals surface area contributed by atoms with E-state index in [0.717, 1.165) is 6.26 Å². The number of hydrogen-bond acceptors (Lipinski definition) is 6. The minimum Gasteiger partial charge on any atom is -0.497 e. The quantitative estimate of drug-likeness (QED) is 0.624. The highest BCUT2D eigenvalue weighted by Crippen LogP contribution is 2.23. The van der Waals surface area contributed by atoms with E-state index < -0.39 is 10.0 Å². The second-order valence-electron chi connectivity index (χ2n) is 6.71. The molecule has 1 aliphatic heterocycles. The fraction of sp³-hybridized carbons (Fsp3) is 0.579. The van der Waals surface area contributed by atoms with Crippen molar-refractivity contribution in [2.75, 3.05) is 57.0 Å². The first-order chi connectivity index (χ1) is 13.8. The molecule has 1 aromatic carbocycles. The molecule has 2 rings (SSSR count). The molecule has 0 atom stereocenters. The van der Waals surface area contributed by atoms with Crippen LogP contribution < -0.4 is 9.04 Å². The molecule has 1 heterocycles. The van der Waals surface area contributed by atoms with E-state index in [2.05, 4.69) is 0 Å². The first kappa shape index (κ1) is 22.8. The van der Waals surface area contributed by atoms with Crippen LogP contribution in [0.4, 0.5) is 10.5 Å². The van der Waals surface area contributed by atoms with E-state index in [4.69, 9.17) is 9.47 Å². The molecular formula is C19H29N3O6S. The molecular weight excluding hydrogens is 398 g/mol. The number of ether oxygens (including phenoxy) is 2. The smallest absolute Gasteiger partial charge is 0.409 e. The van der Waals surface area contributed by atoms with Gasteiger partial charge in [-0.1, -0.05) is 6.07 Å². The molecule has 2 amide bonds. The zero-order valence-electron chi connectivity index (χ0n) is 17.2. The summed E-state index contributed by atoms with van der Waals surface area (Å²) < 4.78 is 35.8. The molecule has 0 bridgehead atoms. The number of benzene rings is 1. The molecule has 1 fully saturated rings. The average Bonchev–Trinajstić information content (AvgIpc) is 2.70. The van der Waals surface area contributed by atoms with Gasteiger partial charge >= 0.3 is 6.09 Å². The summed E-state index contributed by atoms with van der Waals surface area (Å²) in [6.07, 6.45) is 1.40. The molecule has 9 nitrogen and oxygen atoms in total. The van der Waals surface area contributed by atoms with E-state index in [1.54, 1.807) is 41.0 Å². The van der Waals surface area contributed by atoms with Crippen molar-refractivity contribution in [1.82, 2.24) is 9.80 Å². The third kappa shape index (κ3) is 6.52. The van der Waals surface area contributed by atoms with Gasteiger partial charge in [-0.3, -0.25) is 9.10 Å². The van der Waals surface area contributed by atoms with Crippen molar-refractivity contribution in [3.05, 3.63) is 24.3 Å². The summed E-state index contributed by atoms with van der Waals surface area (Å²) in [6.45, 7) is 4.03. The van der Waals surface area contributed by atoms with Crippen molar-refractivity contribution in [1.29, 1.82) is 0 Å². The van der Waals surface area contributed by atoms with Crippen molar-refractivity contribution in [3.8, 4) is 5.75 Å². The highest BCUT2D eigenvalue weighted by Gasteiger charge is 2.25. The maximum absolute atomic E-state index is 12.5. The summed E-state index contributed by atoms with van der Waals surface area (Å²) in [7, 11) is -1.98. The van der Waals surface area contributed by atoms with Gasteiger partial charge in [0.2, 0.25) is 15.9 Å². The molecule has 0 radical (unpaired) electrons. The van der Waals surface area contributed by atoms with Gasteiger partial charge in [-0.15, -0.1) is 0 Å². The van der Waals surface area contributed by atoms with Gasteiger partial charge < -0.3 is 19.3 Å². The highest BCUT2D eigenvalue weighted by molar-refractivity contribution is 7.92. The van der Waals surface area contributed by atoms with Crippen molar-refractivity contribution in [2.45, 2.75) is 19.8 Å². The molecule has 162 valence electrons. The van der Waals surface area contributed by atoms with Crippen LogP contribution in [0.3, 0.4) is 0 Å². The van der Waals surface area contributed by atoms with Crippen LogP contribution in [0.25, 0.3) is 0 Å². The fourth-order valence-electron chi connectivity index (χ4n) is 3.14.